The first-order chi connectivity index (χ1) is 8.47. The van der Waals surface area contributed by atoms with Gasteiger partial charge in [-0.25, -0.2) is 0 Å². The second-order valence-electron chi connectivity index (χ2n) is 4.75. The normalized spacial score (nSPS) is 33.8. The molecule has 0 spiro atoms. The number of ether oxygens (including phenoxy) is 3. The van der Waals surface area contributed by atoms with Gasteiger partial charge in [-0.15, -0.1) is 0 Å². The number of carbonyl (C=O) groups excluding carboxylic acids is 3. The zero-order valence-electron chi connectivity index (χ0n) is 10.4. The van der Waals surface area contributed by atoms with E-state index in [9.17, 15) is 14.4 Å². The summed E-state index contributed by atoms with van der Waals surface area (Å²) in [6, 6.07) is 0. The van der Waals surface area contributed by atoms with E-state index >= 15 is 0 Å². The molecular formula is C12H16O6. The van der Waals surface area contributed by atoms with Crippen LogP contribution in [0.15, 0.2) is 0 Å². The van der Waals surface area contributed by atoms with Crippen LogP contribution >= 0.6 is 0 Å². The molecule has 6 heteroatoms. The van der Waals surface area contributed by atoms with Crippen molar-refractivity contribution < 1.29 is 28.6 Å². The Bertz CT molecular complexity index is 377. The number of hydrogen-bond acceptors (Lipinski definition) is 6. The fraction of sp³-hybridized carbons (Fsp3) is 0.750. The summed E-state index contributed by atoms with van der Waals surface area (Å²) < 4.78 is 15.4. The van der Waals surface area contributed by atoms with E-state index in [0.717, 1.165) is 0 Å². The predicted molar refractivity (Wildman–Crippen MR) is 58.3 cm³/mol. The Labute approximate surface area is 105 Å². The smallest absolute Gasteiger partial charge is 0.306 e. The second-order valence-corrected chi connectivity index (χ2v) is 4.75. The molecular weight excluding hydrogens is 240 g/mol. The third kappa shape index (κ3) is 2.63. The van der Waals surface area contributed by atoms with Crippen molar-refractivity contribution in [3.05, 3.63) is 0 Å². The topological polar surface area (TPSA) is 78.9 Å². The molecule has 0 amide bonds. The molecule has 1 heterocycles. The van der Waals surface area contributed by atoms with Crippen molar-refractivity contribution in [2.45, 2.75) is 38.9 Å². The van der Waals surface area contributed by atoms with Gasteiger partial charge < -0.3 is 14.2 Å². The zero-order valence-corrected chi connectivity index (χ0v) is 10.4. The van der Waals surface area contributed by atoms with Crippen molar-refractivity contribution >= 4 is 17.9 Å². The van der Waals surface area contributed by atoms with Gasteiger partial charge in [-0.1, -0.05) is 0 Å². The van der Waals surface area contributed by atoms with Gasteiger partial charge in [-0.05, 0) is 0 Å². The molecule has 0 aromatic heterocycles. The highest BCUT2D eigenvalue weighted by molar-refractivity contribution is 5.72. The van der Waals surface area contributed by atoms with Crippen LogP contribution in [0.5, 0.6) is 0 Å². The van der Waals surface area contributed by atoms with Crippen LogP contribution < -0.4 is 0 Å². The predicted octanol–water partition coefficient (Wildman–Crippen LogP) is 0.433. The Morgan fingerprint density at radius 2 is 2.06 bits per heavy atom. The second kappa shape index (κ2) is 4.96. The van der Waals surface area contributed by atoms with Crippen molar-refractivity contribution in [3.8, 4) is 0 Å². The number of hydrogen-bond donors (Lipinski definition) is 0. The Morgan fingerprint density at radius 3 is 2.67 bits per heavy atom. The van der Waals surface area contributed by atoms with E-state index in [2.05, 4.69) is 0 Å². The molecule has 0 N–H and O–H groups in total. The first-order valence-corrected chi connectivity index (χ1v) is 5.97. The van der Waals surface area contributed by atoms with Crippen LogP contribution in [-0.2, 0) is 28.6 Å². The molecule has 1 aliphatic carbocycles. The fourth-order valence-corrected chi connectivity index (χ4v) is 2.75. The van der Waals surface area contributed by atoms with Crippen molar-refractivity contribution in [1.82, 2.24) is 0 Å². The number of rotatable bonds is 3. The molecule has 0 unspecified atom stereocenters. The fourth-order valence-electron chi connectivity index (χ4n) is 2.75. The summed E-state index contributed by atoms with van der Waals surface area (Å²) >= 11 is 0. The quantitative estimate of drug-likeness (QED) is 0.538. The van der Waals surface area contributed by atoms with Gasteiger partial charge in [0, 0.05) is 32.1 Å². The van der Waals surface area contributed by atoms with Gasteiger partial charge in [-0.2, -0.15) is 0 Å². The summed E-state index contributed by atoms with van der Waals surface area (Å²) in [5, 5.41) is 0. The summed E-state index contributed by atoms with van der Waals surface area (Å²) in [6.45, 7) is 2.82. The third-order valence-corrected chi connectivity index (χ3v) is 3.45. The summed E-state index contributed by atoms with van der Waals surface area (Å²) in [5.74, 6) is -1.18. The Morgan fingerprint density at radius 1 is 1.33 bits per heavy atom. The first-order valence-electron chi connectivity index (χ1n) is 5.97. The van der Waals surface area contributed by atoms with Gasteiger partial charge in [-0.3, -0.25) is 14.4 Å². The van der Waals surface area contributed by atoms with E-state index in [1.54, 1.807) is 0 Å². The Balaban J connectivity index is 2.04. The molecule has 6 nitrogen and oxygen atoms in total. The minimum Gasteiger partial charge on any atom is -0.465 e. The van der Waals surface area contributed by atoms with Gasteiger partial charge in [0.2, 0.25) is 0 Å². The SMILES string of the molecule is CC(=O)OC[C@H]1[C@H]2CC(=O)O[C@H]2C[C@H]1OC(C)=O. The molecule has 0 bridgehead atoms. The molecule has 1 aliphatic heterocycles. The minimum absolute atomic E-state index is 0.0267. The van der Waals surface area contributed by atoms with E-state index in [1.165, 1.54) is 13.8 Å². The highest BCUT2D eigenvalue weighted by Crippen LogP contribution is 2.42. The maximum atomic E-state index is 11.2. The summed E-state index contributed by atoms with van der Waals surface area (Å²) in [5.41, 5.74) is 0. The number of fused-ring (bicyclic) bond motifs is 1. The lowest BCUT2D eigenvalue weighted by Gasteiger charge is -2.21. The summed E-state index contributed by atoms with van der Waals surface area (Å²) in [4.78, 5) is 33.1. The molecule has 2 fully saturated rings. The molecule has 2 aliphatic rings. The third-order valence-electron chi connectivity index (χ3n) is 3.45. The lowest BCUT2D eigenvalue weighted by atomic mass is 9.93. The van der Waals surface area contributed by atoms with Gasteiger partial charge in [0.1, 0.15) is 12.2 Å². The van der Waals surface area contributed by atoms with Crippen molar-refractivity contribution in [2.24, 2.45) is 11.8 Å². The van der Waals surface area contributed by atoms with E-state index in [-0.39, 0.29) is 48.6 Å². The zero-order chi connectivity index (χ0) is 13.3. The van der Waals surface area contributed by atoms with Crippen molar-refractivity contribution in [3.63, 3.8) is 0 Å². The van der Waals surface area contributed by atoms with Crippen LogP contribution in [-0.4, -0.2) is 36.7 Å². The van der Waals surface area contributed by atoms with Crippen LogP contribution in [0.4, 0.5) is 0 Å². The van der Waals surface area contributed by atoms with Crippen LogP contribution in [0.2, 0.25) is 0 Å². The first kappa shape index (κ1) is 12.9. The highest BCUT2D eigenvalue weighted by atomic mass is 16.6. The maximum absolute atomic E-state index is 11.2. The summed E-state index contributed by atoms with van der Waals surface area (Å²) in [7, 11) is 0. The monoisotopic (exact) mass is 256 g/mol. The molecule has 0 aromatic rings. The molecule has 0 radical (unpaired) electrons. The Kier molecular flexibility index (Phi) is 3.54. The minimum atomic E-state index is -0.384. The van der Waals surface area contributed by atoms with Gasteiger partial charge in [0.05, 0.1) is 13.0 Å². The van der Waals surface area contributed by atoms with E-state index < -0.39 is 0 Å². The molecule has 2 rings (SSSR count). The highest BCUT2D eigenvalue weighted by Gasteiger charge is 2.51. The number of carbonyl (C=O) groups is 3. The van der Waals surface area contributed by atoms with Crippen LogP contribution in [0, 0.1) is 11.8 Å². The van der Waals surface area contributed by atoms with E-state index in [1.807, 2.05) is 0 Å². The molecule has 18 heavy (non-hydrogen) atoms. The van der Waals surface area contributed by atoms with Crippen LogP contribution in [0.25, 0.3) is 0 Å². The van der Waals surface area contributed by atoms with Gasteiger partial charge in [0.25, 0.3) is 0 Å². The maximum Gasteiger partial charge on any atom is 0.306 e. The van der Waals surface area contributed by atoms with E-state index in [4.69, 9.17) is 14.2 Å². The van der Waals surface area contributed by atoms with Crippen LogP contribution in [0.1, 0.15) is 26.7 Å². The molecule has 1 saturated heterocycles. The van der Waals surface area contributed by atoms with E-state index in [0.29, 0.717) is 12.8 Å². The van der Waals surface area contributed by atoms with Crippen molar-refractivity contribution in [1.29, 1.82) is 0 Å². The number of esters is 3. The average molecular weight is 256 g/mol. The molecule has 100 valence electrons. The average Bonchev–Trinajstić information content (AvgIpc) is 2.70. The Hall–Kier alpha value is -1.59. The lowest BCUT2D eigenvalue weighted by molar-refractivity contribution is -0.152. The van der Waals surface area contributed by atoms with Crippen molar-refractivity contribution in [2.75, 3.05) is 6.61 Å². The molecule has 1 saturated carbocycles. The lowest BCUT2D eigenvalue weighted by Crippen LogP contribution is -2.29. The molecule has 0 aromatic carbocycles. The van der Waals surface area contributed by atoms with Gasteiger partial charge in [0.15, 0.2) is 0 Å². The van der Waals surface area contributed by atoms with Gasteiger partial charge >= 0.3 is 17.9 Å². The summed E-state index contributed by atoms with van der Waals surface area (Å²) in [6.07, 6.45) is 0.225. The molecule has 4 atom stereocenters. The standard InChI is InChI=1S/C12H16O6/c1-6(13)16-5-9-8-3-12(15)18-10(8)4-11(9)17-7(2)14/h8-11H,3-5H2,1-2H3/t8-,9+,10+,11-/m1/s1. The largest absolute Gasteiger partial charge is 0.465 e. The van der Waals surface area contributed by atoms with Crippen LogP contribution in [0.3, 0.4) is 0 Å².